The topological polar surface area (TPSA) is 23.9 Å². The highest BCUT2D eigenvalue weighted by Gasteiger charge is 2.19. The molecule has 0 heterocycles. The van der Waals surface area contributed by atoms with Gasteiger partial charge in [-0.3, -0.25) is 5.41 Å². The van der Waals surface area contributed by atoms with E-state index in [2.05, 4.69) is 42.5 Å². The maximum atomic E-state index is 8.01. The van der Waals surface area contributed by atoms with E-state index >= 15 is 0 Å². The summed E-state index contributed by atoms with van der Waals surface area (Å²) in [6, 6.07) is 18.8. The van der Waals surface area contributed by atoms with Gasteiger partial charge in [0, 0.05) is 35.0 Å². The predicted molar refractivity (Wildman–Crippen MR) is 70.7 cm³/mol. The van der Waals surface area contributed by atoms with E-state index < -0.39 is 0 Å². The summed E-state index contributed by atoms with van der Waals surface area (Å²) in [6.45, 7) is 0. The fraction of sp³-hybridized carbons (Fsp3) is 0. The van der Waals surface area contributed by atoms with Crippen molar-refractivity contribution in [2.75, 3.05) is 0 Å². The summed E-state index contributed by atoms with van der Waals surface area (Å²) in [5.41, 5.74) is 2.28. The van der Waals surface area contributed by atoms with E-state index in [1.807, 2.05) is 12.1 Å². The van der Waals surface area contributed by atoms with Gasteiger partial charge in [0.05, 0.1) is 21.9 Å². The fourth-order valence-electron chi connectivity index (χ4n) is 2.74. The smallest absolute Gasteiger partial charge is 0.130 e. The Hall–Kier alpha value is -2.28. The van der Waals surface area contributed by atoms with Gasteiger partial charge in [0.15, 0.2) is 0 Å². The fourth-order valence-corrected chi connectivity index (χ4v) is 2.74. The summed E-state index contributed by atoms with van der Waals surface area (Å²) in [4.78, 5) is 0. The average Bonchev–Trinajstić information content (AvgIpc) is 2.38. The third-order valence-electron chi connectivity index (χ3n) is 3.53. The Bertz CT molecular complexity index is 854. The van der Waals surface area contributed by atoms with Crippen LogP contribution in [0.25, 0.3) is 32.7 Å². The molecule has 4 rings (SSSR count). The lowest BCUT2D eigenvalue weighted by molar-refractivity contribution is 1.28. The van der Waals surface area contributed by atoms with Gasteiger partial charge in [-0.1, -0.05) is 6.07 Å². The molecule has 0 aromatic heterocycles. The Balaban J connectivity index is 2.47. The molecule has 0 aliphatic heterocycles. The van der Waals surface area contributed by atoms with Crippen LogP contribution in [0.3, 0.4) is 0 Å². The van der Waals surface area contributed by atoms with Gasteiger partial charge in [-0.2, -0.15) is 0 Å². The maximum absolute atomic E-state index is 8.01. The molecule has 78 valence electrons. The van der Waals surface area contributed by atoms with Gasteiger partial charge in [-0.25, -0.2) is 0 Å². The van der Waals surface area contributed by atoms with Crippen LogP contribution < -0.4 is 5.36 Å². The van der Waals surface area contributed by atoms with E-state index in [0.29, 0.717) is 5.36 Å². The van der Waals surface area contributed by atoms with Crippen molar-refractivity contribution in [3.05, 3.63) is 60.0 Å². The molecule has 2 aromatic rings. The lowest BCUT2D eigenvalue weighted by Crippen LogP contribution is -2.04. The molecule has 0 amide bonds. The number of rotatable bonds is 0. The zero-order valence-electron chi connectivity index (χ0n) is 9.20. The molecule has 0 unspecified atom stereocenters. The summed E-state index contributed by atoms with van der Waals surface area (Å²) in [6.07, 6.45) is 0. The molecule has 17 heavy (non-hydrogen) atoms. The Morgan fingerprint density at radius 3 is 2.35 bits per heavy atom. The quantitative estimate of drug-likeness (QED) is 0.342. The Morgan fingerprint density at radius 1 is 0.765 bits per heavy atom. The lowest BCUT2D eigenvalue weighted by Gasteiger charge is -2.08. The van der Waals surface area contributed by atoms with Crippen LogP contribution in [-0.2, 0) is 0 Å². The largest absolute Gasteiger partial charge is 0.285 e. The Kier molecular flexibility index (Phi) is 1.50. The first kappa shape index (κ1) is 8.82. The highest BCUT2D eigenvalue weighted by molar-refractivity contribution is 6.14. The minimum Gasteiger partial charge on any atom is -0.285 e. The van der Waals surface area contributed by atoms with Crippen molar-refractivity contribution >= 4 is 21.5 Å². The molecule has 1 nitrogen and oxygen atoms in total. The van der Waals surface area contributed by atoms with Crippen molar-refractivity contribution in [2.45, 2.75) is 0 Å². The zero-order valence-corrected chi connectivity index (χ0v) is 9.20. The molecule has 0 spiro atoms. The van der Waals surface area contributed by atoms with Crippen LogP contribution in [0.4, 0.5) is 0 Å². The molecular weight excluding hydrogens is 206 g/mol. The molecule has 2 aliphatic carbocycles. The molecule has 1 N–H and O–H groups in total. The highest BCUT2D eigenvalue weighted by Crippen LogP contribution is 2.36. The minimum absolute atomic E-state index is 0.607. The Labute approximate surface area is 98.5 Å². The number of hydrogen-bond acceptors (Lipinski definition) is 1. The van der Waals surface area contributed by atoms with E-state index in [4.69, 9.17) is 5.41 Å². The van der Waals surface area contributed by atoms with Gasteiger partial charge in [-0.05, 0) is 24.3 Å². The van der Waals surface area contributed by atoms with Crippen LogP contribution in [0, 0.1) is 5.41 Å². The second-order valence-electron chi connectivity index (χ2n) is 4.47. The summed E-state index contributed by atoms with van der Waals surface area (Å²) >= 11 is 0. The van der Waals surface area contributed by atoms with Crippen molar-refractivity contribution in [1.82, 2.24) is 0 Å². The van der Waals surface area contributed by atoms with Crippen LogP contribution in [0.1, 0.15) is 0 Å². The number of hydrogen-bond donors (Lipinski definition) is 1. The molecule has 0 bridgehead atoms. The van der Waals surface area contributed by atoms with Gasteiger partial charge in [-0.15, -0.1) is 0 Å². The third-order valence-corrected chi connectivity index (χ3v) is 3.53. The van der Waals surface area contributed by atoms with Gasteiger partial charge in [0.25, 0.3) is 0 Å². The van der Waals surface area contributed by atoms with Crippen LogP contribution in [-0.4, -0.2) is 0 Å². The van der Waals surface area contributed by atoms with Crippen molar-refractivity contribution in [3.8, 4) is 11.1 Å². The monoisotopic (exact) mass is 216 g/mol. The van der Waals surface area contributed by atoms with Crippen molar-refractivity contribution in [1.29, 1.82) is 5.41 Å². The molecule has 0 fully saturated rings. The number of nitrogens with one attached hydrogen (secondary N) is 1. The van der Waals surface area contributed by atoms with Crippen molar-refractivity contribution in [2.24, 2.45) is 0 Å². The first-order chi connectivity index (χ1) is 8.34. The average molecular weight is 216 g/mol. The highest BCUT2D eigenvalue weighted by atomic mass is 14.4. The second kappa shape index (κ2) is 2.89. The summed E-state index contributed by atoms with van der Waals surface area (Å²) in [5.74, 6) is 0. The van der Waals surface area contributed by atoms with Gasteiger partial charge < -0.3 is 0 Å². The molecule has 2 aromatic carbocycles. The summed E-state index contributed by atoms with van der Waals surface area (Å²) in [5, 5.41) is 13.6. The normalized spacial score (nSPS) is 11.8. The van der Waals surface area contributed by atoms with Gasteiger partial charge in [0.2, 0.25) is 0 Å². The van der Waals surface area contributed by atoms with Crippen LogP contribution in [0.5, 0.6) is 0 Å². The molecule has 0 saturated carbocycles. The first-order valence-corrected chi connectivity index (χ1v) is 5.73. The van der Waals surface area contributed by atoms with Crippen LogP contribution >= 0.6 is 0 Å². The summed E-state index contributed by atoms with van der Waals surface area (Å²) in [7, 11) is 0. The van der Waals surface area contributed by atoms with E-state index in [0.717, 1.165) is 5.56 Å². The SMILES string of the molecule is N=c1ccc2ccc3cccc4cc[c+]1-c2c34. The second-order valence-corrected chi connectivity index (χ2v) is 4.47. The van der Waals surface area contributed by atoms with Crippen molar-refractivity contribution in [3.63, 3.8) is 0 Å². The maximum Gasteiger partial charge on any atom is 0.130 e. The lowest BCUT2D eigenvalue weighted by atomic mass is 9.89. The van der Waals surface area contributed by atoms with E-state index in [-0.39, 0.29) is 0 Å². The first-order valence-electron chi connectivity index (χ1n) is 5.73. The number of benzene rings is 4. The Morgan fingerprint density at radius 2 is 1.47 bits per heavy atom. The molecule has 0 atom stereocenters. The molecular formula is C16H10N+. The van der Waals surface area contributed by atoms with E-state index in [9.17, 15) is 0 Å². The van der Waals surface area contributed by atoms with E-state index in [1.165, 1.54) is 27.1 Å². The van der Waals surface area contributed by atoms with Gasteiger partial charge >= 0.3 is 0 Å². The van der Waals surface area contributed by atoms with Crippen LogP contribution in [0.2, 0.25) is 0 Å². The van der Waals surface area contributed by atoms with E-state index in [1.54, 1.807) is 0 Å². The summed E-state index contributed by atoms with van der Waals surface area (Å²) < 4.78 is 0. The molecule has 0 saturated heterocycles. The standard InChI is InChI=1S/C16H10N/c17-14-9-7-12-5-4-10-2-1-3-11-6-8-13(14)16(12)15(10)11/h1-9,17H/q+1. The molecule has 0 radical (unpaired) electrons. The minimum atomic E-state index is 0.607. The zero-order chi connectivity index (χ0) is 11.4. The molecule has 1 heteroatoms. The van der Waals surface area contributed by atoms with Gasteiger partial charge in [0.1, 0.15) is 5.36 Å². The predicted octanol–water partition coefficient (Wildman–Crippen LogP) is 3.73. The molecule has 2 aliphatic rings. The third kappa shape index (κ3) is 1.03. The van der Waals surface area contributed by atoms with Crippen LogP contribution in [0.15, 0.2) is 54.6 Å². The van der Waals surface area contributed by atoms with Crippen molar-refractivity contribution < 1.29 is 0 Å².